The Kier molecular flexibility index (Phi) is 3.78. The van der Waals surface area contributed by atoms with E-state index in [4.69, 9.17) is 0 Å². The monoisotopic (exact) mass is 219 g/mol. The minimum atomic E-state index is 0.703. The van der Waals surface area contributed by atoms with Crippen LogP contribution in [0.15, 0.2) is 18.3 Å². The molecule has 1 saturated heterocycles. The van der Waals surface area contributed by atoms with Crippen LogP contribution in [0.3, 0.4) is 0 Å². The highest BCUT2D eigenvalue weighted by molar-refractivity contribution is 5.42. The summed E-state index contributed by atoms with van der Waals surface area (Å²) in [5.41, 5.74) is 2.32. The van der Waals surface area contributed by atoms with Gasteiger partial charge in [0.1, 0.15) is 0 Å². The van der Waals surface area contributed by atoms with Crippen molar-refractivity contribution in [3.63, 3.8) is 0 Å². The molecule has 1 aromatic rings. The van der Waals surface area contributed by atoms with Crippen molar-refractivity contribution in [2.24, 2.45) is 0 Å². The Morgan fingerprint density at radius 2 is 2.38 bits per heavy atom. The van der Waals surface area contributed by atoms with Crippen LogP contribution < -0.4 is 5.32 Å². The quantitative estimate of drug-likeness (QED) is 0.846. The van der Waals surface area contributed by atoms with Crippen molar-refractivity contribution in [1.82, 2.24) is 9.88 Å². The first-order valence-electron chi connectivity index (χ1n) is 6.16. The fourth-order valence-corrected chi connectivity index (χ4v) is 2.32. The fraction of sp³-hybridized carbons (Fsp3) is 0.615. The summed E-state index contributed by atoms with van der Waals surface area (Å²) >= 11 is 0. The van der Waals surface area contributed by atoms with E-state index in [1.54, 1.807) is 0 Å². The molecule has 1 N–H and O–H groups in total. The Morgan fingerprint density at radius 1 is 1.50 bits per heavy atom. The zero-order valence-electron chi connectivity index (χ0n) is 10.2. The summed E-state index contributed by atoms with van der Waals surface area (Å²) in [4.78, 5) is 6.97. The zero-order chi connectivity index (χ0) is 11.4. The third-order valence-electron chi connectivity index (χ3n) is 3.41. The first-order chi connectivity index (χ1) is 7.79. The van der Waals surface area contributed by atoms with Crippen LogP contribution in [0, 0.1) is 0 Å². The van der Waals surface area contributed by atoms with E-state index < -0.39 is 0 Å². The van der Waals surface area contributed by atoms with Gasteiger partial charge in [0.15, 0.2) is 0 Å². The third-order valence-corrected chi connectivity index (χ3v) is 3.41. The number of aromatic nitrogens is 1. The number of rotatable bonds is 3. The van der Waals surface area contributed by atoms with Gasteiger partial charge in [0.25, 0.3) is 0 Å². The van der Waals surface area contributed by atoms with Gasteiger partial charge in [0, 0.05) is 31.5 Å². The first kappa shape index (κ1) is 11.4. The summed E-state index contributed by atoms with van der Waals surface area (Å²) in [6.45, 7) is 4.52. The molecule has 0 bridgehead atoms. The maximum absolute atomic E-state index is 4.43. The summed E-state index contributed by atoms with van der Waals surface area (Å²) in [5.74, 6) is 0. The van der Waals surface area contributed by atoms with Gasteiger partial charge in [-0.15, -0.1) is 0 Å². The molecule has 3 nitrogen and oxygen atoms in total. The van der Waals surface area contributed by atoms with Crippen molar-refractivity contribution in [2.45, 2.75) is 38.8 Å². The lowest BCUT2D eigenvalue weighted by Gasteiger charge is -2.33. The van der Waals surface area contributed by atoms with E-state index in [9.17, 15) is 0 Å². The molecule has 0 aliphatic carbocycles. The van der Waals surface area contributed by atoms with Gasteiger partial charge in [0.2, 0.25) is 0 Å². The number of hydrogen-bond acceptors (Lipinski definition) is 3. The summed E-state index contributed by atoms with van der Waals surface area (Å²) in [6, 6.07) is 4.85. The Morgan fingerprint density at radius 3 is 3.12 bits per heavy atom. The molecule has 2 heterocycles. The molecule has 2 rings (SSSR count). The van der Waals surface area contributed by atoms with Gasteiger partial charge in [-0.3, -0.25) is 9.88 Å². The van der Waals surface area contributed by atoms with Crippen LogP contribution in [-0.2, 0) is 6.54 Å². The molecule has 1 aliphatic heterocycles. The third kappa shape index (κ3) is 2.73. The number of pyridine rings is 1. The Bertz CT molecular complexity index is 338. The molecule has 3 heteroatoms. The largest absolute Gasteiger partial charge is 0.388 e. The van der Waals surface area contributed by atoms with Crippen molar-refractivity contribution in [3.8, 4) is 0 Å². The second kappa shape index (κ2) is 5.30. The highest BCUT2D eigenvalue weighted by atomic mass is 15.2. The molecule has 0 radical (unpaired) electrons. The summed E-state index contributed by atoms with van der Waals surface area (Å²) < 4.78 is 0. The SMILES string of the molecule is CNc1ccnc(CN2CCCCC2C)c1. The second-order valence-corrected chi connectivity index (χ2v) is 4.60. The number of nitrogens with zero attached hydrogens (tertiary/aromatic N) is 2. The normalized spacial score (nSPS) is 22.0. The molecular formula is C13H21N3. The fourth-order valence-electron chi connectivity index (χ4n) is 2.32. The summed E-state index contributed by atoms with van der Waals surface area (Å²) in [6.07, 6.45) is 5.92. The second-order valence-electron chi connectivity index (χ2n) is 4.60. The number of piperidine rings is 1. The lowest BCUT2D eigenvalue weighted by Crippen LogP contribution is -2.36. The molecule has 1 unspecified atom stereocenters. The lowest BCUT2D eigenvalue weighted by atomic mass is 10.0. The lowest BCUT2D eigenvalue weighted by molar-refractivity contribution is 0.151. The van der Waals surface area contributed by atoms with Crippen LogP contribution in [-0.4, -0.2) is 29.5 Å². The Balaban J connectivity index is 2.01. The van der Waals surface area contributed by atoms with Crippen molar-refractivity contribution in [2.75, 3.05) is 18.9 Å². The number of nitrogens with one attached hydrogen (secondary N) is 1. The highest BCUT2D eigenvalue weighted by Gasteiger charge is 2.18. The van der Waals surface area contributed by atoms with Gasteiger partial charge in [-0.1, -0.05) is 6.42 Å². The predicted octanol–water partition coefficient (Wildman–Crippen LogP) is 2.50. The van der Waals surface area contributed by atoms with Gasteiger partial charge in [-0.05, 0) is 38.4 Å². The van der Waals surface area contributed by atoms with Gasteiger partial charge < -0.3 is 5.32 Å². The molecule has 88 valence electrons. The zero-order valence-corrected chi connectivity index (χ0v) is 10.2. The smallest absolute Gasteiger partial charge is 0.0564 e. The first-order valence-corrected chi connectivity index (χ1v) is 6.16. The molecule has 1 atom stereocenters. The number of likely N-dealkylation sites (tertiary alicyclic amines) is 1. The molecule has 1 aliphatic rings. The predicted molar refractivity (Wildman–Crippen MR) is 67.5 cm³/mol. The highest BCUT2D eigenvalue weighted by Crippen LogP contribution is 2.19. The molecule has 0 amide bonds. The molecule has 0 saturated carbocycles. The van der Waals surface area contributed by atoms with Crippen molar-refractivity contribution < 1.29 is 0 Å². The minimum Gasteiger partial charge on any atom is -0.388 e. The molecule has 16 heavy (non-hydrogen) atoms. The Labute approximate surface area is 97.9 Å². The van der Waals surface area contributed by atoms with E-state index >= 15 is 0 Å². The molecule has 1 aromatic heterocycles. The van der Waals surface area contributed by atoms with Gasteiger partial charge in [-0.25, -0.2) is 0 Å². The van der Waals surface area contributed by atoms with E-state index in [0.717, 1.165) is 12.2 Å². The van der Waals surface area contributed by atoms with E-state index in [2.05, 4.69) is 28.2 Å². The standard InChI is InChI=1S/C13H21N3/c1-11-5-3-4-8-16(11)10-13-9-12(14-2)6-7-15-13/h6-7,9,11H,3-5,8,10H2,1-2H3,(H,14,15). The summed E-state index contributed by atoms with van der Waals surface area (Å²) in [5, 5.41) is 3.16. The minimum absolute atomic E-state index is 0.703. The molecular weight excluding hydrogens is 198 g/mol. The average molecular weight is 219 g/mol. The van der Waals surface area contributed by atoms with Gasteiger partial charge in [0.05, 0.1) is 5.69 Å². The van der Waals surface area contributed by atoms with E-state index in [-0.39, 0.29) is 0 Å². The van der Waals surface area contributed by atoms with Crippen LogP contribution in [0.5, 0.6) is 0 Å². The maximum atomic E-state index is 4.43. The topological polar surface area (TPSA) is 28.2 Å². The van der Waals surface area contributed by atoms with E-state index in [1.165, 1.54) is 31.5 Å². The van der Waals surface area contributed by atoms with Gasteiger partial charge >= 0.3 is 0 Å². The van der Waals surface area contributed by atoms with Crippen LogP contribution in [0.4, 0.5) is 5.69 Å². The van der Waals surface area contributed by atoms with Crippen molar-refractivity contribution in [3.05, 3.63) is 24.0 Å². The number of anilines is 1. The van der Waals surface area contributed by atoms with Crippen molar-refractivity contribution >= 4 is 5.69 Å². The summed E-state index contributed by atoms with van der Waals surface area (Å²) in [7, 11) is 1.95. The van der Waals surface area contributed by atoms with Crippen LogP contribution in [0.25, 0.3) is 0 Å². The van der Waals surface area contributed by atoms with Gasteiger partial charge in [-0.2, -0.15) is 0 Å². The molecule has 0 spiro atoms. The number of hydrogen-bond donors (Lipinski definition) is 1. The van der Waals surface area contributed by atoms with Crippen LogP contribution in [0.2, 0.25) is 0 Å². The molecule has 0 aromatic carbocycles. The van der Waals surface area contributed by atoms with E-state index in [0.29, 0.717) is 6.04 Å². The average Bonchev–Trinajstić information content (AvgIpc) is 2.32. The van der Waals surface area contributed by atoms with Crippen molar-refractivity contribution in [1.29, 1.82) is 0 Å². The van der Waals surface area contributed by atoms with E-state index in [1.807, 2.05) is 19.3 Å². The van der Waals surface area contributed by atoms with Crippen LogP contribution >= 0.6 is 0 Å². The molecule has 1 fully saturated rings. The van der Waals surface area contributed by atoms with Crippen LogP contribution in [0.1, 0.15) is 31.9 Å². The maximum Gasteiger partial charge on any atom is 0.0564 e. The Hall–Kier alpha value is -1.09.